The Hall–Kier alpha value is -2.07. The van der Waals surface area contributed by atoms with Crippen LogP contribution in [0.1, 0.15) is 18.5 Å². The molecule has 0 radical (unpaired) electrons. The first-order chi connectivity index (χ1) is 9.16. The molecule has 1 unspecified atom stereocenters. The third kappa shape index (κ3) is 3.69. The van der Waals surface area contributed by atoms with Crippen molar-refractivity contribution in [1.29, 1.82) is 0 Å². The summed E-state index contributed by atoms with van der Waals surface area (Å²) < 4.78 is 0. The average Bonchev–Trinajstić information content (AvgIpc) is 2.42. The molecule has 2 N–H and O–H groups in total. The Bertz CT molecular complexity index is 560. The highest BCUT2D eigenvalue weighted by molar-refractivity contribution is 6.33. The summed E-state index contributed by atoms with van der Waals surface area (Å²) in [4.78, 5) is 15.9. The van der Waals surface area contributed by atoms with Gasteiger partial charge in [0.1, 0.15) is 0 Å². The normalized spacial score (nSPS) is 11.7. The van der Waals surface area contributed by atoms with E-state index in [0.717, 1.165) is 5.56 Å². The van der Waals surface area contributed by atoms with Crippen molar-refractivity contribution in [3.8, 4) is 0 Å². The molecule has 0 aliphatic rings. The smallest absolute Gasteiger partial charge is 0.319 e. The highest BCUT2D eigenvalue weighted by atomic mass is 35.5. The monoisotopic (exact) mass is 275 g/mol. The van der Waals surface area contributed by atoms with Gasteiger partial charge >= 0.3 is 6.03 Å². The van der Waals surface area contributed by atoms with E-state index in [0.29, 0.717) is 10.7 Å². The molecule has 0 aliphatic heterocycles. The highest BCUT2D eigenvalue weighted by Gasteiger charge is 2.10. The van der Waals surface area contributed by atoms with Crippen molar-refractivity contribution in [3.63, 3.8) is 0 Å². The van der Waals surface area contributed by atoms with E-state index in [1.54, 1.807) is 24.5 Å². The van der Waals surface area contributed by atoms with Gasteiger partial charge in [0.05, 0.1) is 16.8 Å². The van der Waals surface area contributed by atoms with Crippen LogP contribution in [-0.4, -0.2) is 11.0 Å². The zero-order valence-corrected chi connectivity index (χ0v) is 11.2. The predicted molar refractivity (Wildman–Crippen MR) is 76.3 cm³/mol. The maximum Gasteiger partial charge on any atom is 0.319 e. The van der Waals surface area contributed by atoms with E-state index in [1.807, 2.05) is 31.2 Å². The summed E-state index contributed by atoms with van der Waals surface area (Å²) in [6.45, 7) is 1.89. The molecular weight excluding hydrogens is 262 g/mol. The number of hydrogen-bond acceptors (Lipinski definition) is 2. The van der Waals surface area contributed by atoms with Crippen LogP contribution < -0.4 is 10.6 Å². The number of amides is 2. The zero-order valence-electron chi connectivity index (χ0n) is 10.4. The number of carbonyl (C=O) groups is 1. The van der Waals surface area contributed by atoms with Crippen LogP contribution in [0, 0.1) is 0 Å². The number of urea groups is 1. The number of pyridine rings is 1. The van der Waals surface area contributed by atoms with E-state index in [4.69, 9.17) is 11.6 Å². The number of anilines is 1. The van der Waals surface area contributed by atoms with Crippen molar-refractivity contribution in [2.45, 2.75) is 13.0 Å². The maximum atomic E-state index is 11.8. The van der Waals surface area contributed by atoms with Gasteiger partial charge in [0, 0.05) is 12.4 Å². The number of para-hydroxylation sites is 1. The summed E-state index contributed by atoms with van der Waals surface area (Å²) in [6.07, 6.45) is 3.42. The van der Waals surface area contributed by atoms with Crippen LogP contribution in [0.25, 0.3) is 0 Å². The maximum absolute atomic E-state index is 11.8. The van der Waals surface area contributed by atoms with Crippen LogP contribution in [0.2, 0.25) is 5.02 Å². The Labute approximate surface area is 116 Å². The molecule has 0 bridgehead atoms. The minimum absolute atomic E-state index is 0.129. The molecule has 0 saturated carbocycles. The molecule has 1 atom stereocenters. The Morgan fingerprint density at radius 1 is 1.26 bits per heavy atom. The van der Waals surface area contributed by atoms with Gasteiger partial charge in [-0.25, -0.2) is 4.79 Å². The molecule has 1 aromatic heterocycles. The van der Waals surface area contributed by atoms with Crippen molar-refractivity contribution in [3.05, 3.63) is 59.4 Å². The molecule has 1 aromatic carbocycles. The van der Waals surface area contributed by atoms with Gasteiger partial charge in [-0.1, -0.05) is 29.8 Å². The number of carbonyl (C=O) groups excluding carboxylic acids is 1. The Morgan fingerprint density at radius 2 is 2.05 bits per heavy atom. The molecule has 2 rings (SSSR count). The molecular formula is C14H14ClN3O. The fraction of sp³-hybridized carbons (Fsp3) is 0.143. The molecule has 4 nitrogen and oxygen atoms in total. The quantitative estimate of drug-likeness (QED) is 0.899. The summed E-state index contributed by atoms with van der Waals surface area (Å²) in [5.74, 6) is 0. The van der Waals surface area contributed by atoms with Gasteiger partial charge in [-0.3, -0.25) is 4.98 Å². The van der Waals surface area contributed by atoms with Gasteiger partial charge in [-0.05, 0) is 30.7 Å². The second kappa shape index (κ2) is 6.20. The second-order valence-corrected chi connectivity index (χ2v) is 4.49. The molecule has 0 spiro atoms. The SMILES string of the molecule is CC(NC(=O)Nc1ccccc1Cl)c1cccnc1. The van der Waals surface area contributed by atoms with Gasteiger partial charge in [0.15, 0.2) is 0 Å². The Morgan fingerprint density at radius 3 is 2.74 bits per heavy atom. The van der Waals surface area contributed by atoms with Crippen LogP contribution >= 0.6 is 11.6 Å². The number of hydrogen-bond donors (Lipinski definition) is 2. The van der Waals surface area contributed by atoms with Gasteiger partial charge in [-0.15, -0.1) is 0 Å². The summed E-state index contributed by atoms with van der Waals surface area (Å²) >= 11 is 5.97. The largest absolute Gasteiger partial charge is 0.331 e. The zero-order chi connectivity index (χ0) is 13.7. The minimum Gasteiger partial charge on any atom is -0.331 e. The number of benzene rings is 1. The summed E-state index contributed by atoms with van der Waals surface area (Å²) in [7, 11) is 0. The molecule has 19 heavy (non-hydrogen) atoms. The minimum atomic E-state index is -0.301. The fourth-order valence-corrected chi connectivity index (χ4v) is 1.82. The Balaban J connectivity index is 1.97. The van der Waals surface area contributed by atoms with E-state index in [2.05, 4.69) is 15.6 Å². The molecule has 0 saturated heterocycles. The number of nitrogens with one attached hydrogen (secondary N) is 2. The van der Waals surface area contributed by atoms with Crippen LogP contribution in [0.5, 0.6) is 0 Å². The third-order valence-corrected chi connectivity index (χ3v) is 2.98. The van der Waals surface area contributed by atoms with Crippen LogP contribution in [0.15, 0.2) is 48.8 Å². The first kappa shape index (κ1) is 13.4. The van der Waals surface area contributed by atoms with Crippen molar-refractivity contribution >= 4 is 23.3 Å². The van der Waals surface area contributed by atoms with Gasteiger partial charge in [0.2, 0.25) is 0 Å². The lowest BCUT2D eigenvalue weighted by atomic mass is 10.1. The van der Waals surface area contributed by atoms with Gasteiger partial charge in [0.25, 0.3) is 0 Å². The van der Waals surface area contributed by atoms with Crippen molar-refractivity contribution in [2.75, 3.05) is 5.32 Å². The first-order valence-corrected chi connectivity index (χ1v) is 6.26. The van der Waals surface area contributed by atoms with Crippen LogP contribution in [0.3, 0.4) is 0 Å². The van der Waals surface area contributed by atoms with Gasteiger partial charge in [-0.2, -0.15) is 0 Å². The summed E-state index contributed by atoms with van der Waals surface area (Å²) in [6, 6.07) is 10.4. The average molecular weight is 276 g/mol. The number of halogens is 1. The van der Waals surface area contributed by atoms with Crippen molar-refractivity contribution in [1.82, 2.24) is 10.3 Å². The second-order valence-electron chi connectivity index (χ2n) is 4.09. The molecule has 5 heteroatoms. The molecule has 98 valence electrons. The molecule has 0 fully saturated rings. The lowest BCUT2D eigenvalue weighted by molar-refractivity contribution is 0.249. The highest BCUT2D eigenvalue weighted by Crippen LogP contribution is 2.20. The molecule has 1 heterocycles. The molecule has 2 aromatic rings. The lowest BCUT2D eigenvalue weighted by Crippen LogP contribution is -2.31. The van der Waals surface area contributed by atoms with E-state index >= 15 is 0 Å². The number of nitrogens with zero attached hydrogens (tertiary/aromatic N) is 1. The fourth-order valence-electron chi connectivity index (χ4n) is 1.63. The summed E-state index contributed by atoms with van der Waals surface area (Å²) in [5, 5.41) is 6.04. The lowest BCUT2D eigenvalue weighted by Gasteiger charge is -2.15. The van der Waals surface area contributed by atoms with E-state index in [9.17, 15) is 4.79 Å². The first-order valence-electron chi connectivity index (χ1n) is 5.89. The number of aromatic nitrogens is 1. The summed E-state index contributed by atoms with van der Waals surface area (Å²) in [5.41, 5.74) is 1.52. The van der Waals surface area contributed by atoms with Crippen molar-refractivity contribution in [2.24, 2.45) is 0 Å². The van der Waals surface area contributed by atoms with E-state index in [1.165, 1.54) is 0 Å². The van der Waals surface area contributed by atoms with E-state index < -0.39 is 0 Å². The molecule has 0 aliphatic carbocycles. The van der Waals surface area contributed by atoms with Crippen molar-refractivity contribution < 1.29 is 4.79 Å². The molecule has 2 amide bonds. The Kier molecular flexibility index (Phi) is 4.36. The predicted octanol–water partition coefficient (Wildman–Crippen LogP) is 3.62. The number of rotatable bonds is 3. The topological polar surface area (TPSA) is 54.0 Å². The van der Waals surface area contributed by atoms with E-state index in [-0.39, 0.29) is 12.1 Å². The van der Waals surface area contributed by atoms with Crippen LogP contribution in [0.4, 0.5) is 10.5 Å². The standard InChI is InChI=1S/C14H14ClN3O/c1-10(11-5-4-8-16-9-11)17-14(19)18-13-7-3-2-6-12(13)15/h2-10H,1H3,(H2,17,18,19). The van der Waals surface area contributed by atoms with Gasteiger partial charge < -0.3 is 10.6 Å². The van der Waals surface area contributed by atoms with Crippen LogP contribution in [-0.2, 0) is 0 Å². The third-order valence-electron chi connectivity index (χ3n) is 2.65.